The summed E-state index contributed by atoms with van der Waals surface area (Å²) in [4.78, 5) is 0. The van der Waals surface area contributed by atoms with Gasteiger partial charge in [0.05, 0.1) is 0 Å². The van der Waals surface area contributed by atoms with Gasteiger partial charge in [0.2, 0.25) is 0 Å². The predicted molar refractivity (Wildman–Crippen MR) is 54.0 cm³/mol. The van der Waals surface area contributed by atoms with Crippen LogP contribution in [0.4, 0.5) is 13.2 Å². The van der Waals surface area contributed by atoms with Crippen molar-refractivity contribution >= 4 is 17.8 Å². The summed E-state index contributed by atoms with van der Waals surface area (Å²) in [5.41, 5.74) is -3.23. The molecule has 0 spiro atoms. The second-order valence-corrected chi connectivity index (χ2v) is 3.65. The highest BCUT2D eigenvalue weighted by Crippen LogP contribution is 2.29. The Morgan fingerprint density at radius 1 is 1.14 bits per heavy atom. The maximum absolute atomic E-state index is 11.7. The van der Waals surface area contributed by atoms with Crippen LogP contribution in [-0.2, 0) is 0 Å². The minimum atomic E-state index is -4.14. The highest BCUT2D eigenvalue weighted by Gasteiger charge is 2.26. The van der Waals surface area contributed by atoms with Crippen molar-refractivity contribution < 1.29 is 13.2 Å². The topological polar surface area (TPSA) is 0 Å². The van der Waals surface area contributed by atoms with Crippen molar-refractivity contribution in [2.45, 2.75) is 5.51 Å². The van der Waals surface area contributed by atoms with Crippen molar-refractivity contribution in [1.29, 1.82) is 0 Å². The van der Waals surface area contributed by atoms with Crippen LogP contribution in [-0.4, -0.2) is 11.3 Å². The molecule has 0 atom stereocenters. The standard InChI is InChI=1S/C10H9F3S/c11-10(12,13)14-8-4-7-9-5-2-1-3-6-9/h1-7H,8H2/b7-4+. The highest BCUT2D eigenvalue weighted by atomic mass is 32.2. The first kappa shape index (κ1) is 11.2. The molecule has 0 amide bonds. The molecular weight excluding hydrogens is 209 g/mol. The monoisotopic (exact) mass is 218 g/mol. The molecular formula is C10H9F3S. The van der Waals surface area contributed by atoms with Gasteiger partial charge in [0.1, 0.15) is 0 Å². The normalized spacial score (nSPS) is 12.2. The van der Waals surface area contributed by atoms with E-state index < -0.39 is 5.51 Å². The fraction of sp³-hybridized carbons (Fsp3) is 0.200. The summed E-state index contributed by atoms with van der Waals surface area (Å²) in [6.45, 7) is 0. The smallest absolute Gasteiger partial charge is 0.160 e. The molecule has 0 radical (unpaired) electrons. The van der Waals surface area contributed by atoms with Gasteiger partial charge in [-0.3, -0.25) is 0 Å². The molecule has 0 heterocycles. The lowest BCUT2D eigenvalue weighted by molar-refractivity contribution is -0.0326. The Balaban J connectivity index is 2.35. The van der Waals surface area contributed by atoms with E-state index >= 15 is 0 Å². The summed E-state index contributed by atoms with van der Waals surface area (Å²) in [6, 6.07) is 9.23. The van der Waals surface area contributed by atoms with E-state index in [9.17, 15) is 13.2 Å². The van der Waals surface area contributed by atoms with E-state index in [0.717, 1.165) is 5.56 Å². The maximum Gasteiger partial charge on any atom is 0.442 e. The summed E-state index contributed by atoms with van der Waals surface area (Å²) in [7, 11) is 0. The largest absolute Gasteiger partial charge is 0.442 e. The van der Waals surface area contributed by atoms with Crippen molar-refractivity contribution in [3.63, 3.8) is 0 Å². The summed E-state index contributed by atoms with van der Waals surface area (Å²) in [6.07, 6.45) is 3.19. The van der Waals surface area contributed by atoms with E-state index in [4.69, 9.17) is 0 Å². The van der Waals surface area contributed by atoms with Crippen molar-refractivity contribution in [1.82, 2.24) is 0 Å². The molecule has 4 heteroatoms. The van der Waals surface area contributed by atoms with E-state index in [2.05, 4.69) is 0 Å². The molecule has 1 rings (SSSR count). The van der Waals surface area contributed by atoms with E-state index in [1.807, 2.05) is 30.3 Å². The second kappa shape index (κ2) is 5.10. The summed E-state index contributed by atoms with van der Waals surface area (Å²) in [5, 5.41) is 0. The molecule has 0 aromatic heterocycles. The Kier molecular flexibility index (Phi) is 4.07. The fourth-order valence-corrected chi connectivity index (χ4v) is 1.27. The minimum Gasteiger partial charge on any atom is -0.160 e. The van der Waals surface area contributed by atoms with Crippen LogP contribution in [0.3, 0.4) is 0 Å². The van der Waals surface area contributed by atoms with Gasteiger partial charge < -0.3 is 0 Å². The maximum atomic E-state index is 11.7. The molecule has 0 nitrogen and oxygen atoms in total. The van der Waals surface area contributed by atoms with Gasteiger partial charge in [-0.25, -0.2) is 0 Å². The number of alkyl halides is 3. The van der Waals surface area contributed by atoms with E-state index in [-0.39, 0.29) is 17.5 Å². The third-order valence-corrected chi connectivity index (χ3v) is 2.14. The van der Waals surface area contributed by atoms with Crippen LogP contribution < -0.4 is 0 Å². The number of halogens is 3. The molecule has 14 heavy (non-hydrogen) atoms. The molecule has 76 valence electrons. The van der Waals surface area contributed by atoms with Crippen LogP contribution in [0.15, 0.2) is 36.4 Å². The molecule has 1 aromatic carbocycles. The molecule has 0 fully saturated rings. The van der Waals surface area contributed by atoms with Crippen molar-refractivity contribution in [3.8, 4) is 0 Å². The Hall–Kier alpha value is -0.900. The number of hydrogen-bond acceptors (Lipinski definition) is 1. The Morgan fingerprint density at radius 3 is 2.36 bits per heavy atom. The number of thioether (sulfide) groups is 1. The lowest BCUT2D eigenvalue weighted by Gasteiger charge is -2.01. The molecule has 0 N–H and O–H groups in total. The second-order valence-electron chi connectivity index (χ2n) is 2.57. The van der Waals surface area contributed by atoms with Gasteiger partial charge in [0.15, 0.2) is 0 Å². The van der Waals surface area contributed by atoms with E-state index in [1.54, 1.807) is 6.08 Å². The van der Waals surface area contributed by atoms with Crippen LogP contribution in [0.1, 0.15) is 5.56 Å². The zero-order valence-corrected chi connectivity index (χ0v) is 8.11. The van der Waals surface area contributed by atoms with Crippen molar-refractivity contribution in [3.05, 3.63) is 42.0 Å². The lowest BCUT2D eigenvalue weighted by Crippen LogP contribution is -1.99. The highest BCUT2D eigenvalue weighted by molar-refractivity contribution is 8.00. The van der Waals surface area contributed by atoms with Crippen molar-refractivity contribution in [2.24, 2.45) is 0 Å². The molecule has 0 aliphatic carbocycles. The molecule has 0 saturated carbocycles. The van der Waals surface area contributed by atoms with Crippen LogP contribution in [0.25, 0.3) is 6.08 Å². The quantitative estimate of drug-likeness (QED) is 0.740. The van der Waals surface area contributed by atoms with Crippen LogP contribution >= 0.6 is 11.8 Å². The Bertz CT molecular complexity index is 290. The summed E-state index contributed by atoms with van der Waals surface area (Å²) in [5.74, 6) is -0.0433. The number of benzene rings is 1. The molecule has 0 aliphatic rings. The van der Waals surface area contributed by atoms with Gasteiger partial charge in [0, 0.05) is 5.75 Å². The number of rotatable bonds is 3. The summed E-state index contributed by atoms with van der Waals surface area (Å²) >= 11 is -0.0340. The third-order valence-electron chi connectivity index (χ3n) is 1.45. The van der Waals surface area contributed by atoms with E-state index in [1.165, 1.54) is 6.08 Å². The van der Waals surface area contributed by atoms with Crippen LogP contribution in [0.2, 0.25) is 0 Å². The van der Waals surface area contributed by atoms with Crippen LogP contribution in [0, 0.1) is 0 Å². The first-order chi connectivity index (χ1) is 6.58. The molecule has 0 aliphatic heterocycles. The van der Waals surface area contributed by atoms with E-state index in [0.29, 0.717) is 0 Å². The minimum absolute atomic E-state index is 0.0340. The SMILES string of the molecule is FC(F)(F)SC/C=C/c1ccccc1. The molecule has 1 aromatic rings. The van der Waals surface area contributed by atoms with Gasteiger partial charge in [0.25, 0.3) is 0 Å². The Morgan fingerprint density at radius 2 is 1.79 bits per heavy atom. The Labute approximate surface area is 84.8 Å². The predicted octanol–water partition coefficient (Wildman–Crippen LogP) is 3.95. The van der Waals surface area contributed by atoms with Gasteiger partial charge in [-0.1, -0.05) is 42.5 Å². The molecule has 0 unspecified atom stereocenters. The van der Waals surface area contributed by atoms with Gasteiger partial charge >= 0.3 is 5.51 Å². The van der Waals surface area contributed by atoms with Gasteiger partial charge in [-0.15, -0.1) is 0 Å². The average Bonchev–Trinajstić information content (AvgIpc) is 2.13. The van der Waals surface area contributed by atoms with Crippen molar-refractivity contribution in [2.75, 3.05) is 5.75 Å². The molecule has 0 bridgehead atoms. The first-order valence-electron chi connectivity index (χ1n) is 4.00. The van der Waals surface area contributed by atoms with Gasteiger partial charge in [-0.05, 0) is 17.3 Å². The number of hydrogen-bond donors (Lipinski definition) is 0. The first-order valence-corrected chi connectivity index (χ1v) is 4.99. The zero-order valence-electron chi connectivity index (χ0n) is 7.29. The zero-order chi connectivity index (χ0) is 10.4. The summed E-state index contributed by atoms with van der Waals surface area (Å²) < 4.78 is 35.1. The fourth-order valence-electron chi connectivity index (χ4n) is 0.891. The van der Waals surface area contributed by atoms with Crippen LogP contribution in [0.5, 0.6) is 0 Å². The lowest BCUT2D eigenvalue weighted by atomic mass is 10.2. The van der Waals surface area contributed by atoms with Gasteiger partial charge in [-0.2, -0.15) is 13.2 Å². The third kappa shape index (κ3) is 4.97. The molecule has 0 saturated heterocycles. The average molecular weight is 218 g/mol.